The van der Waals surface area contributed by atoms with E-state index in [2.05, 4.69) is 44.0 Å². The van der Waals surface area contributed by atoms with E-state index >= 15 is 0 Å². The molecular formula is C22H23N5OS2. The molecule has 0 bridgehead atoms. The summed E-state index contributed by atoms with van der Waals surface area (Å²) < 4.78 is 0. The van der Waals surface area contributed by atoms with Gasteiger partial charge >= 0.3 is 0 Å². The van der Waals surface area contributed by atoms with Gasteiger partial charge in [-0.2, -0.15) is 0 Å². The third-order valence-electron chi connectivity index (χ3n) is 4.93. The molecule has 4 aromatic heterocycles. The van der Waals surface area contributed by atoms with Crippen LogP contribution in [0.15, 0.2) is 48.4 Å². The van der Waals surface area contributed by atoms with Crippen LogP contribution in [0.3, 0.4) is 0 Å². The summed E-state index contributed by atoms with van der Waals surface area (Å²) in [4.78, 5) is 28.4. The molecular weight excluding hydrogens is 414 g/mol. The lowest BCUT2D eigenvalue weighted by Crippen LogP contribution is -2.24. The van der Waals surface area contributed by atoms with Crippen LogP contribution < -0.4 is 10.6 Å². The van der Waals surface area contributed by atoms with Crippen LogP contribution in [0.2, 0.25) is 0 Å². The fourth-order valence-electron chi connectivity index (χ4n) is 3.34. The van der Waals surface area contributed by atoms with E-state index in [1.807, 2.05) is 25.1 Å². The van der Waals surface area contributed by atoms with Crippen LogP contribution in [0.4, 0.5) is 5.82 Å². The normalized spacial score (nSPS) is 12.1. The summed E-state index contributed by atoms with van der Waals surface area (Å²) >= 11 is 3.12. The fourth-order valence-corrected chi connectivity index (χ4v) is 5.14. The van der Waals surface area contributed by atoms with Gasteiger partial charge in [0.1, 0.15) is 17.0 Å². The van der Waals surface area contributed by atoms with Crippen molar-refractivity contribution in [2.24, 2.45) is 0 Å². The van der Waals surface area contributed by atoms with Crippen molar-refractivity contribution in [3.63, 3.8) is 0 Å². The van der Waals surface area contributed by atoms with Gasteiger partial charge in [0, 0.05) is 23.8 Å². The number of nitrogens with one attached hydrogen (secondary N) is 2. The molecule has 0 aliphatic carbocycles. The molecule has 6 nitrogen and oxygen atoms in total. The first-order chi connectivity index (χ1) is 14.6. The van der Waals surface area contributed by atoms with Crippen LogP contribution in [-0.2, 0) is 6.42 Å². The first-order valence-corrected chi connectivity index (χ1v) is 11.5. The molecule has 0 aliphatic rings. The number of carbonyl (C=O) groups excluding carboxylic acids is 1. The number of fused-ring (bicyclic) bond motifs is 1. The highest BCUT2D eigenvalue weighted by Gasteiger charge is 2.20. The summed E-state index contributed by atoms with van der Waals surface area (Å²) in [6.07, 6.45) is 6.93. The average molecular weight is 438 g/mol. The lowest BCUT2D eigenvalue weighted by atomic mass is 10.1. The number of aromatic nitrogens is 3. The maximum atomic E-state index is 12.8. The minimum Gasteiger partial charge on any atom is -0.362 e. The number of hydrogen-bond donors (Lipinski definition) is 2. The SMILES string of the molecule is Cc1c(C(=O)NCCCc2ccncc2)sc2ncnc(NC(C)c3cccs3)c12. The minimum absolute atomic E-state index is 0.0533. The van der Waals surface area contributed by atoms with Gasteiger partial charge in [-0.3, -0.25) is 9.78 Å². The van der Waals surface area contributed by atoms with Gasteiger partial charge in [-0.15, -0.1) is 22.7 Å². The third-order valence-corrected chi connectivity index (χ3v) is 7.19. The maximum absolute atomic E-state index is 12.8. The van der Waals surface area contributed by atoms with Gasteiger partial charge in [-0.25, -0.2) is 9.97 Å². The Labute approximate surface area is 183 Å². The molecule has 0 saturated carbocycles. The summed E-state index contributed by atoms with van der Waals surface area (Å²) in [6.45, 7) is 4.70. The molecule has 0 radical (unpaired) electrons. The van der Waals surface area contributed by atoms with Gasteiger partial charge < -0.3 is 10.6 Å². The molecule has 0 saturated heterocycles. The van der Waals surface area contributed by atoms with E-state index in [1.165, 1.54) is 21.8 Å². The third kappa shape index (κ3) is 4.49. The minimum atomic E-state index is -0.0533. The topological polar surface area (TPSA) is 79.8 Å². The van der Waals surface area contributed by atoms with Crippen LogP contribution in [0, 0.1) is 6.92 Å². The molecule has 0 aliphatic heterocycles. The van der Waals surface area contributed by atoms with E-state index in [-0.39, 0.29) is 11.9 Å². The quantitative estimate of drug-likeness (QED) is 0.380. The number of amides is 1. The standard InChI is InChI=1S/C22H23N5OS2/c1-14-18-20(27-15(2)17-6-4-12-29-17)25-13-26-22(18)30-19(14)21(28)24-9-3-5-16-7-10-23-11-8-16/h4,6-8,10-13,15H,3,5,9H2,1-2H3,(H,24,28)(H,25,26,27). The van der Waals surface area contributed by atoms with Crippen LogP contribution >= 0.6 is 22.7 Å². The van der Waals surface area contributed by atoms with E-state index < -0.39 is 0 Å². The number of nitrogens with zero attached hydrogens (tertiary/aromatic N) is 3. The molecule has 8 heteroatoms. The highest BCUT2D eigenvalue weighted by atomic mass is 32.1. The van der Waals surface area contributed by atoms with Crippen molar-refractivity contribution in [2.75, 3.05) is 11.9 Å². The molecule has 0 aromatic carbocycles. The monoisotopic (exact) mass is 437 g/mol. The molecule has 4 heterocycles. The van der Waals surface area contributed by atoms with Crippen molar-refractivity contribution in [3.05, 3.63) is 69.2 Å². The van der Waals surface area contributed by atoms with Gasteiger partial charge in [0.05, 0.1) is 16.3 Å². The lowest BCUT2D eigenvalue weighted by Gasteiger charge is -2.13. The first kappa shape index (κ1) is 20.4. The Morgan fingerprint density at radius 3 is 2.80 bits per heavy atom. The van der Waals surface area contributed by atoms with Gasteiger partial charge in [0.2, 0.25) is 0 Å². The van der Waals surface area contributed by atoms with Gasteiger partial charge in [0.25, 0.3) is 5.91 Å². The summed E-state index contributed by atoms with van der Waals surface area (Å²) in [5.74, 6) is 0.717. The number of anilines is 1. The molecule has 2 N–H and O–H groups in total. The number of rotatable bonds is 8. The Hall–Kier alpha value is -2.84. The lowest BCUT2D eigenvalue weighted by molar-refractivity contribution is 0.0957. The molecule has 30 heavy (non-hydrogen) atoms. The van der Waals surface area contributed by atoms with Crippen molar-refractivity contribution in [2.45, 2.75) is 32.7 Å². The predicted octanol–water partition coefficient (Wildman–Crippen LogP) is 4.99. The molecule has 0 fully saturated rings. The highest BCUT2D eigenvalue weighted by molar-refractivity contribution is 7.20. The van der Waals surface area contributed by atoms with E-state index in [0.717, 1.165) is 34.4 Å². The highest BCUT2D eigenvalue weighted by Crippen LogP contribution is 2.35. The van der Waals surface area contributed by atoms with Crippen LogP contribution in [0.25, 0.3) is 10.2 Å². The Kier molecular flexibility index (Phi) is 6.35. The second-order valence-electron chi connectivity index (χ2n) is 7.05. The summed E-state index contributed by atoms with van der Waals surface area (Å²) in [7, 11) is 0. The van der Waals surface area contributed by atoms with Crippen LogP contribution in [0.1, 0.15) is 45.1 Å². The summed E-state index contributed by atoms with van der Waals surface area (Å²) in [5.41, 5.74) is 2.14. The Balaban J connectivity index is 1.45. The Morgan fingerprint density at radius 1 is 1.20 bits per heavy atom. The van der Waals surface area contributed by atoms with Crippen LogP contribution in [0.5, 0.6) is 0 Å². The van der Waals surface area contributed by atoms with Crippen molar-refractivity contribution in [1.82, 2.24) is 20.3 Å². The van der Waals surface area contributed by atoms with Gasteiger partial charge in [-0.05, 0) is 61.4 Å². The summed E-state index contributed by atoms with van der Waals surface area (Å²) in [5, 5.41) is 9.51. The zero-order valence-corrected chi connectivity index (χ0v) is 18.5. The summed E-state index contributed by atoms with van der Waals surface area (Å²) in [6, 6.07) is 8.28. The van der Waals surface area contributed by atoms with Crippen LogP contribution in [-0.4, -0.2) is 27.4 Å². The van der Waals surface area contributed by atoms with E-state index in [1.54, 1.807) is 30.1 Å². The second-order valence-corrected chi connectivity index (χ2v) is 9.03. The molecule has 1 amide bonds. The fraction of sp³-hybridized carbons (Fsp3) is 0.273. The largest absolute Gasteiger partial charge is 0.362 e. The first-order valence-electron chi connectivity index (χ1n) is 9.84. The molecule has 4 aromatic rings. The second kappa shape index (κ2) is 9.32. The average Bonchev–Trinajstić information content (AvgIpc) is 3.41. The zero-order chi connectivity index (χ0) is 20.9. The molecule has 1 unspecified atom stereocenters. The van der Waals surface area contributed by atoms with E-state index in [9.17, 15) is 4.79 Å². The maximum Gasteiger partial charge on any atom is 0.261 e. The van der Waals surface area contributed by atoms with Crippen molar-refractivity contribution < 1.29 is 4.79 Å². The number of carbonyl (C=O) groups is 1. The molecule has 0 spiro atoms. The predicted molar refractivity (Wildman–Crippen MR) is 123 cm³/mol. The Bertz CT molecular complexity index is 1130. The molecule has 1 atom stereocenters. The number of pyridine rings is 1. The smallest absolute Gasteiger partial charge is 0.261 e. The number of hydrogen-bond acceptors (Lipinski definition) is 7. The van der Waals surface area contributed by atoms with Gasteiger partial charge in [0.15, 0.2) is 0 Å². The van der Waals surface area contributed by atoms with Crippen molar-refractivity contribution in [1.29, 1.82) is 0 Å². The van der Waals surface area contributed by atoms with Gasteiger partial charge in [-0.1, -0.05) is 6.07 Å². The molecule has 4 rings (SSSR count). The number of thiophene rings is 2. The van der Waals surface area contributed by atoms with E-state index in [4.69, 9.17) is 0 Å². The molecule has 154 valence electrons. The zero-order valence-electron chi connectivity index (χ0n) is 16.9. The number of aryl methyl sites for hydroxylation is 2. The Morgan fingerprint density at radius 2 is 2.03 bits per heavy atom. The van der Waals surface area contributed by atoms with E-state index in [0.29, 0.717) is 11.4 Å². The van der Waals surface area contributed by atoms with Crippen molar-refractivity contribution in [3.8, 4) is 0 Å². The van der Waals surface area contributed by atoms with Crippen molar-refractivity contribution >= 4 is 44.6 Å².